The van der Waals surface area contributed by atoms with Crippen LogP contribution in [-0.4, -0.2) is 53.2 Å². The van der Waals surface area contributed by atoms with Crippen molar-refractivity contribution in [3.8, 4) is 0 Å². The second-order valence-electron chi connectivity index (χ2n) is 2.22. The molecule has 6 heteroatoms. The van der Waals surface area contributed by atoms with E-state index in [4.69, 9.17) is 5.11 Å². The van der Waals surface area contributed by atoms with Gasteiger partial charge in [0.25, 0.3) is 0 Å². The van der Waals surface area contributed by atoms with Gasteiger partial charge in [0.2, 0.25) is 0 Å². The van der Waals surface area contributed by atoms with Crippen molar-refractivity contribution in [1.82, 2.24) is 0 Å². The third kappa shape index (κ3) is 2.32. The molecule has 1 fully saturated rings. The molecule has 1 N–H and O–H groups in total. The first-order chi connectivity index (χ1) is 4.46. The molecule has 0 saturated carbocycles. The zero-order valence-corrected chi connectivity index (χ0v) is 8.11. The molecule has 11 heavy (non-hydrogen) atoms. The van der Waals surface area contributed by atoms with E-state index in [-0.39, 0.29) is 42.6 Å². The van der Waals surface area contributed by atoms with Gasteiger partial charge < -0.3 is 9.84 Å². The molecule has 0 bridgehead atoms. The van der Waals surface area contributed by atoms with Crippen LogP contribution in [0.3, 0.4) is 0 Å². The normalized spacial score (nSPS) is 36.0. The van der Waals surface area contributed by atoms with E-state index in [9.17, 15) is 13.2 Å². The van der Waals surface area contributed by atoms with Crippen molar-refractivity contribution in [2.75, 3.05) is 6.61 Å². The Morgan fingerprint density at radius 3 is 2.09 bits per heavy atom. The van der Waals surface area contributed by atoms with Crippen LogP contribution in [0.15, 0.2) is 0 Å². The third-order valence-corrected chi connectivity index (χ3v) is 1.38. The van der Waals surface area contributed by atoms with Gasteiger partial charge in [-0.2, -0.15) is 13.2 Å². The molecule has 0 aromatic heterocycles. The van der Waals surface area contributed by atoms with Crippen molar-refractivity contribution in [2.24, 2.45) is 0 Å². The first kappa shape index (κ1) is 11.7. The summed E-state index contributed by atoms with van der Waals surface area (Å²) in [5, 5.41) is 8.26. The SMILES string of the molecule is OC1(F)OCCCC1(F)F.[Na]. The van der Waals surface area contributed by atoms with Gasteiger partial charge in [-0.05, 0) is 6.42 Å². The van der Waals surface area contributed by atoms with E-state index in [1.807, 2.05) is 0 Å². The molecule has 1 unspecified atom stereocenters. The number of rotatable bonds is 0. The van der Waals surface area contributed by atoms with Crippen molar-refractivity contribution in [3.63, 3.8) is 0 Å². The van der Waals surface area contributed by atoms with Crippen LogP contribution in [0.2, 0.25) is 0 Å². The maximum absolute atomic E-state index is 12.2. The van der Waals surface area contributed by atoms with E-state index < -0.39 is 18.4 Å². The molecule has 1 aliphatic heterocycles. The second kappa shape index (κ2) is 3.62. The van der Waals surface area contributed by atoms with Gasteiger partial charge in [0.05, 0.1) is 6.61 Å². The molecule has 0 aromatic rings. The van der Waals surface area contributed by atoms with Crippen molar-refractivity contribution in [2.45, 2.75) is 24.8 Å². The summed E-state index contributed by atoms with van der Waals surface area (Å²) in [6.45, 7) is -0.164. The fourth-order valence-corrected chi connectivity index (χ4v) is 0.761. The zero-order chi connectivity index (χ0) is 7.83. The van der Waals surface area contributed by atoms with E-state index in [0.29, 0.717) is 0 Å². The molecule has 0 amide bonds. The van der Waals surface area contributed by atoms with Crippen LogP contribution in [0.4, 0.5) is 13.2 Å². The minimum absolute atomic E-state index is 0. The Morgan fingerprint density at radius 1 is 1.27 bits per heavy atom. The quantitative estimate of drug-likeness (QED) is 0.553. The molecular formula is C5H7F3NaO2. The fourth-order valence-electron chi connectivity index (χ4n) is 0.761. The van der Waals surface area contributed by atoms with Crippen LogP contribution in [0.1, 0.15) is 12.8 Å². The zero-order valence-electron chi connectivity index (χ0n) is 6.11. The van der Waals surface area contributed by atoms with Gasteiger partial charge in [-0.3, -0.25) is 0 Å². The monoisotopic (exact) mass is 179 g/mol. The van der Waals surface area contributed by atoms with Crippen LogP contribution in [0.5, 0.6) is 0 Å². The van der Waals surface area contributed by atoms with Crippen molar-refractivity contribution in [3.05, 3.63) is 0 Å². The summed E-state index contributed by atoms with van der Waals surface area (Å²) in [6.07, 6.45) is -0.598. The molecule has 2 nitrogen and oxygen atoms in total. The van der Waals surface area contributed by atoms with Crippen molar-refractivity contribution in [1.29, 1.82) is 0 Å². The number of alkyl halides is 3. The van der Waals surface area contributed by atoms with Crippen LogP contribution in [0.25, 0.3) is 0 Å². The predicted octanol–water partition coefficient (Wildman–Crippen LogP) is 0.667. The molecular weight excluding hydrogens is 172 g/mol. The van der Waals surface area contributed by atoms with Crippen LogP contribution in [-0.2, 0) is 4.74 Å². The first-order valence-corrected chi connectivity index (χ1v) is 2.89. The minimum atomic E-state index is -3.76. The van der Waals surface area contributed by atoms with E-state index in [1.54, 1.807) is 0 Å². The molecule has 1 heterocycles. The van der Waals surface area contributed by atoms with Gasteiger partial charge in [0.1, 0.15) is 0 Å². The molecule has 1 radical (unpaired) electrons. The third-order valence-electron chi connectivity index (χ3n) is 1.38. The van der Waals surface area contributed by atoms with E-state index in [2.05, 4.69) is 4.74 Å². The Balaban J connectivity index is 0.000001000. The summed E-state index contributed by atoms with van der Waals surface area (Å²) in [6, 6.07) is -3.76. The van der Waals surface area contributed by atoms with E-state index in [0.717, 1.165) is 0 Å². The van der Waals surface area contributed by atoms with Crippen LogP contribution < -0.4 is 0 Å². The minimum Gasteiger partial charge on any atom is -0.335 e. The van der Waals surface area contributed by atoms with Crippen molar-refractivity contribution >= 4 is 29.6 Å². The maximum atomic E-state index is 12.2. The van der Waals surface area contributed by atoms with Crippen molar-refractivity contribution < 1.29 is 23.0 Å². The predicted molar refractivity (Wildman–Crippen MR) is 31.9 cm³/mol. The molecule has 1 saturated heterocycles. The molecule has 61 valence electrons. The maximum Gasteiger partial charge on any atom is 0.383 e. The van der Waals surface area contributed by atoms with Gasteiger partial charge in [-0.25, -0.2) is 0 Å². The van der Waals surface area contributed by atoms with Gasteiger partial charge in [-0.15, -0.1) is 0 Å². The van der Waals surface area contributed by atoms with Gasteiger partial charge in [0.15, 0.2) is 0 Å². The number of halogens is 3. The number of ether oxygens (including phenoxy) is 1. The Hall–Kier alpha value is 0.710. The summed E-state index contributed by atoms with van der Waals surface area (Å²) in [5.74, 6) is -3.76. The fraction of sp³-hybridized carbons (Fsp3) is 1.00. The Kier molecular flexibility index (Phi) is 3.85. The Bertz CT molecular complexity index is 124. The summed E-state index contributed by atoms with van der Waals surface area (Å²) in [5.41, 5.74) is 0. The van der Waals surface area contributed by atoms with E-state index >= 15 is 0 Å². The molecule has 0 aliphatic carbocycles. The summed E-state index contributed by atoms with van der Waals surface area (Å²) in [7, 11) is 0. The summed E-state index contributed by atoms with van der Waals surface area (Å²) >= 11 is 0. The number of hydrogen-bond acceptors (Lipinski definition) is 2. The topological polar surface area (TPSA) is 29.5 Å². The Labute approximate surface area is 84.0 Å². The van der Waals surface area contributed by atoms with Crippen LogP contribution in [0, 0.1) is 0 Å². The number of aliphatic hydroxyl groups is 1. The average Bonchev–Trinajstić information content (AvgIpc) is 1.77. The van der Waals surface area contributed by atoms with E-state index in [1.165, 1.54) is 0 Å². The van der Waals surface area contributed by atoms with Gasteiger partial charge in [0, 0.05) is 36.0 Å². The van der Waals surface area contributed by atoms with Gasteiger partial charge in [-0.1, -0.05) is 0 Å². The average molecular weight is 179 g/mol. The molecule has 1 atom stereocenters. The summed E-state index contributed by atoms with van der Waals surface area (Å²) in [4.78, 5) is 0. The largest absolute Gasteiger partial charge is 0.383 e. The standard InChI is InChI=1S/C5H7F3O2.Na/c6-4(7)2-1-3-10-5(4,8)9;/h9H,1-3H2;. The first-order valence-electron chi connectivity index (χ1n) is 2.89. The molecule has 1 aliphatic rings. The molecule has 0 spiro atoms. The summed E-state index contributed by atoms with van der Waals surface area (Å²) < 4.78 is 40.5. The van der Waals surface area contributed by atoms with Gasteiger partial charge >= 0.3 is 12.0 Å². The number of hydrogen-bond donors (Lipinski definition) is 1. The second-order valence-corrected chi connectivity index (χ2v) is 2.22. The smallest absolute Gasteiger partial charge is 0.335 e. The van der Waals surface area contributed by atoms with Crippen LogP contribution >= 0.6 is 0 Å². The Morgan fingerprint density at radius 2 is 1.82 bits per heavy atom. The molecule has 0 aromatic carbocycles. The molecule has 1 rings (SSSR count).